The summed E-state index contributed by atoms with van der Waals surface area (Å²) < 4.78 is 0. The van der Waals surface area contributed by atoms with E-state index in [1.807, 2.05) is 26.0 Å². The van der Waals surface area contributed by atoms with Gasteiger partial charge in [-0.3, -0.25) is 4.79 Å². The molecule has 0 radical (unpaired) electrons. The summed E-state index contributed by atoms with van der Waals surface area (Å²) >= 11 is 0. The molecular formula is C12H16O2. The third kappa shape index (κ3) is 1.17. The zero-order valence-electron chi connectivity index (χ0n) is 8.71. The van der Waals surface area contributed by atoms with Gasteiger partial charge in [0.15, 0.2) is 5.78 Å². The summed E-state index contributed by atoms with van der Waals surface area (Å²) in [5, 5.41) is 9.90. The molecule has 0 unspecified atom stereocenters. The molecule has 1 saturated carbocycles. The number of rotatable bonds is 1. The van der Waals surface area contributed by atoms with Crippen molar-refractivity contribution in [1.82, 2.24) is 0 Å². The fraction of sp³-hybridized carbons (Fsp3) is 0.583. The van der Waals surface area contributed by atoms with Gasteiger partial charge >= 0.3 is 0 Å². The molecule has 76 valence electrons. The fourth-order valence-corrected chi connectivity index (χ4v) is 2.25. The highest BCUT2D eigenvalue weighted by Crippen LogP contribution is 2.57. The molecule has 0 saturated heterocycles. The first-order chi connectivity index (χ1) is 6.62. The van der Waals surface area contributed by atoms with E-state index in [9.17, 15) is 9.90 Å². The quantitative estimate of drug-likeness (QED) is 0.645. The topological polar surface area (TPSA) is 37.3 Å². The van der Waals surface area contributed by atoms with E-state index in [4.69, 9.17) is 0 Å². The minimum Gasteiger partial charge on any atom is -0.384 e. The number of Topliss-reactive ketones (excluding diaryl/α,β-unsaturated/α-hetero) is 1. The van der Waals surface area contributed by atoms with Crippen LogP contribution in [0.15, 0.2) is 23.3 Å². The lowest BCUT2D eigenvalue weighted by Crippen LogP contribution is -2.36. The van der Waals surface area contributed by atoms with E-state index in [-0.39, 0.29) is 11.2 Å². The second-order valence-corrected chi connectivity index (χ2v) is 4.32. The summed E-state index contributed by atoms with van der Waals surface area (Å²) in [6, 6.07) is 0. The molecule has 1 fully saturated rings. The van der Waals surface area contributed by atoms with Crippen molar-refractivity contribution < 1.29 is 9.90 Å². The molecule has 0 bridgehead atoms. The van der Waals surface area contributed by atoms with Crippen molar-refractivity contribution in [2.45, 2.75) is 39.2 Å². The fourth-order valence-electron chi connectivity index (χ4n) is 2.25. The Morgan fingerprint density at radius 1 is 1.64 bits per heavy atom. The molecule has 2 aliphatic carbocycles. The zero-order valence-corrected chi connectivity index (χ0v) is 8.71. The maximum Gasteiger partial charge on any atom is 0.191 e. The number of carbonyl (C=O) groups excluding carboxylic acids is 1. The van der Waals surface area contributed by atoms with Gasteiger partial charge < -0.3 is 5.11 Å². The number of hydrogen-bond donors (Lipinski definition) is 1. The number of ketones is 1. The highest BCUT2D eigenvalue weighted by atomic mass is 16.3. The van der Waals surface area contributed by atoms with Crippen molar-refractivity contribution in [3.8, 4) is 0 Å². The van der Waals surface area contributed by atoms with Crippen LogP contribution in [-0.4, -0.2) is 17.0 Å². The molecule has 1 spiro atoms. The number of aliphatic hydroxyl groups excluding tert-OH is 1. The molecule has 0 aromatic heterocycles. The smallest absolute Gasteiger partial charge is 0.191 e. The maximum absolute atomic E-state index is 11.8. The van der Waals surface area contributed by atoms with E-state index < -0.39 is 6.10 Å². The van der Waals surface area contributed by atoms with Crippen LogP contribution in [0, 0.1) is 5.41 Å². The van der Waals surface area contributed by atoms with Crippen LogP contribution in [0.2, 0.25) is 0 Å². The Labute approximate surface area is 84.3 Å². The van der Waals surface area contributed by atoms with Crippen LogP contribution in [0.4, 0.5) is 0 Å². The molecule has 0 aromatic rings. The van der Waals surface area contributed by atoms with E-state index in [0.29, 0.717) is 5.57 Å². The normalized spacial score (nSPS) is 32.2. The Hall–Kier alpha value is -0.890. The SMILES string of the molecule is CC/C=C1\C=C(C)C2(CC2)[C@H](O)C1=O. The summed E-state index contributed by atoms with van der Waals surface area (Å²) in [6.45, 7) is 4.02. The van der Waals surface area contributed by atoms with Crippen LogP contribution >= 0.6 is 0 Å². The Kier molecular flexibility index (Phi) is 2.11. The van der Waals surface area contributed by atoms with Gasteiger partial charge in [0, 0.05) is 11.0 Å². The highest BCUT2D eigenvalue weighted by Gasteiger charge is 2.55. The molecule has 0 heterocycles. The molecule has 2 heteroatoms. The van der Waals surface area contributed by atoms with Crippen LogP contribution in [0.25, 0.3) is 0 Å². The summed E-state index contributed by atoms with van der Waals surface area (Å²) in [4.78, 5) is 11.8. The van der Waals surface area contributed by atoms with Gasteiger partial charge in [0.1, 0.15) is 6.10 Å². The Morgan fingerprint density at radius 3 is 2.79 bits per heavy atom. The Bertz CT molecular complexity index is 332. The molecule has 14 heavy (non-hydrogen) atoms. The highest BCUT2D eigenvalue weighted by molar-refractivity contribution is 6.03. The predicted octanol–water partition coefficient (Wildman–Crippen LogP) is 1.99. The summed E-state index contributed by atoms with van der Waals surface area (Å²) in [5.41, 5.74) is 1.68. The molecule has 2 nitrogen and oxygen atoms in total. The van der Waals surface area contributed by atoms with Crippen LogP contribution in [0.5, 0.6) is 0 Å². The van der Waals surface area contributed by atoms with Crippen molar-refractivity contribution in [3.63, 3.8) is 0 Å². The first-order valence-corrected chi connectivity index (χ1v) is 5.23. The van der Waals surface area contributed by atoms with E-state index in [2.05, 4.69) is 0 Å². The monoisotopic (exact) mass is 192 g/mol. The molecule has 1 atom stereocenters. The van der Waals surface area contributed by atoms with Gasteiger partial charge in [-0.2, -0.15) is 0 Å². The average molecular weight is 192 g/mol. The first kappa shape index (κ1) is 9.66. The van der Waals surface area contributed by atoms with Gasteiger partial charge in [-0.15, -0.1) is 0 Å². The third-order valence-corrected chi connectivity index (χ3v) is 3.43. The lowest BCUT2D eigenvalue weighted by atomic mass is 9.79. The molecule has 2 aliphatic rings. The largest absolute Gasteiger partial charge is 0.384 e. The summed E-state index contributed by atoms with van der Waals surface area (Å²) in [5.74, 6) is -0.0880. The van der Waals surface area contributed by atoms with E-state index in [1.165, 1.54) is 5.57 Å². The lowest BCUT2D eigenvalue weighted by Gasteiger charge is -2.27. The number of carbonyl (C=O) groups is 1. The van der Waals surface area contributed by atoms with Gasteiger partial charge in [-0.1, -0.05) is 24.6 Å². The molecule has 0 aliphatic heterocycles. The number of allylic oxidation sites excluding steroid dienone is 2. The van der Waals surface area contributed by atoms with E-state index in [1.54, 1.807) is 0 Å². The molecular weight excluding hydrogens is 176 g/mol. The number of aliphatic hydroxyl groups is 1. The minimum atomic E-state index is -0.787. The van der Waals surface area contributed by atoms with Gasteiger partial charge in [0.2, 0.25) is 0 Å². The molecule has 1 N–H and O–H groups in total. The number of hydrogen-bond acceptors (Lipinski definition) is 2. The van der Waals surface area contributed by atoms with Gasteiger partial charge in [0.05, 0.1) is 0 Å². The second-order valence-electron chi connectivity index (χ2n) is 4.32. The van der Waals surface area contributed by atoms with Crippen molar-refractivity contribution in [3.05, 3.63) is 23.3 Å². The zero-order chi connectivity index (χ0) is 10.3. The Balaban J connectivity index is 2.39. The van der Waals surface area contributed by atoms with Crippen molar-refractivity contribution in [1.29, 1.82) is 0 Å². The average Bonchev–Trinajstić information content (AvgIpc) is 2.93. The molecule has 0 amide bonds. The van der Waals surface area contributed by atoms with Crippen molar-refractivity contribution >= 4 is 5.78 Å². The second kappa shape index (κ2) is 3.06. The van der Waals surface area contributed by atoms with Gasteiger partial charge in [-0.25, -0.2) is 0 Å². The summed E-state index contributed by atoms with van der Waals surface area (Å²) in [6.07, 6.45) is 5.81. The van der Waals surface area contributed by atoms with Crippen molar-refractivity contribution in [2.24, 2.45) is 5.41 Å². The third-order valence-electron chi connectivity index (χ3n) is 3.43. The molecule has 2 rings (SSSR count). The van der Waals surface area contributed by atoms with Crippen LogP contribution in [0.1, 0.15) is 33.1 Å². The Morgan fingerprint density at radius 2 is 2.29 bits per heavy atom. The van der Waals surface area contributed by atoms with Crippen LogP contribution in [0.3, 0.4) is 0 Å². The van der Waals surface area contributed by atoms with E-state index in [0.717, 1.165) is 19.3 Å². The van der Waals surface area contributed by atoms with Crippen molar-refractivity contribution in [2.75, 3.05) is 0 Å². The van der Waals surface area contributed by atoms with Crippen LogP contribution in [-0.2, 0) is 4.79 Å². The van der Waals surface area contributed by atoms with Crippen LogP contribution < -0.4 is 0 Å². The van der Waals surface area contributed by atoms with Gasteiger partial charge in [-0.05, 0) is 26.2 Å². The van der Waals surface area contributed by atoms with Gasteiger partial charge in [0.25, 0.3) is 0 Å². The summed E-state index contributed by atoms with van der Waals surface area (Å²) in [7, 11) is 0. The first-order valence-electron chi connectivity index (χ1n) is 5.23. The minimum absolute atomic E-state index is 0.0880. The van der Waals surface area contributed by atoms with E-state index >= 15 is 0 Å². The predicted molar refractivity (Wildman–Crippen MR) is 54.8 cm³/mol. The standard InChI is InChI=1S/C12H16O2/c1-3-4-9-7-8(2)12(5-6-12)11(14)10(9)13/h4,7,11,14H,3,5-6H2,1-2H3/b9-4+/t11-/m1/s1. The lowest BCUT2D eigenvalue weighted by molar-refractivity contribution is -0.126. The maximum atomic E-state index is 11.8. The molecule has 0 aromatic carbocycles.